The zero-order chi connectivity index (χ0) is 23.9. The number of aromatic nitrogens is 1. The van der Waals surface area contributed by atoms with Gasteiger partial charge in [0.1, 0.15) is 0 Å². The number of nitrogens with zero attached hydrogens (tertiary/aromatic N) is 3. The van der Waals surface area contributed by atoms with Gasteiger partial charge in [-0.1, -0.05) is 93.6 Å². The second-order valence-electron chi connectivity index (χ2n) is 10.1. The number of amides is 1. The van der Waals surface area contributed by atoms with E-state index in [0.29, 0.717) is 12.2 Å². The van der Waals surface area contributed by atoms with E-state index < -0.39 is 0 Å². The summed E-state index contributed by atoms with van der Waals surface area (Å²) in [6, 6.07) is 26.1. The number of benzene rings is 3. The molecule has 0 saturated heterocycles. The summed E-state index contributed by atoms with van der Waals surface area (Å²) in [6.07, 6.45) is 0.786. The Morgan fingerprint density at radius 3 is 2.35 bits per heavy atom. The van der Waals surface area contributed by atoms with Gasteiger partial charge in [-0.25, -0.2) is 0 Å². The third-order valence-corrected chi connectivity index (χ3v) is 6.66. The molecule has 0 spiro atoms. The monoisotopic (exact) mass is 451 g/mol. The third-order valence-electron chi connectivity index (χ3n) is 6.66. The number of azo groups is 1. The standard InChI is InChI=1S/C29H29N3O2/c1-29(2,3)21-15-13-20(14-16-21)23-17-24(23)27(33)31-30-26-22-11-7-8-12-25(22)32(28(26)34)18-19-9-5-4-6-10-19/h4-16,23-24,34H,17-18H2,1-3H3. The van der Waals surface area contributed by atoms with Gasteiger partial charge < -0.3 is 9.67 Å². The molecule has 1 amide bonds. The summed E-state index contributed by atoms with van der Waals surface area (Å²) in [4.78, 5) is 12.8. The first-order valence-electron chi connectivity index (χ1n) is 11.7. The van der Waals surface area contributed by atoms with Crippen molar-refractivity contribution in [1.29, 1.82) is 0 Å². The van der Waals surface area contributed by atoms with Crippen LogP contribution in [0.15, 0.2) is 89.1 Å². The van der Waals surface area contributed by atoms with Crippen LogP contribution in [0.3, 0.4) is 0 Å². The van der Waals surface area contributed by atoms with Gasteiger partial charge in [0.2, 0.25) is 5.88 Å². The summed E-state index contributed by atoms with van der Waals surface area (Å²) in [5, 5.41) is 20.0. The van der Waals surface area contributed by atoms with Crippen LogP contribution in [0.5, 0.6) is 5.88 Å². The van der Waals surface area contributed by atoms with Crippen LogP contribution in [-0.2, 0) is 16.8 Å². The fourth-order valence-electron chi connectivity index (χ4n) is 4.54. The maximum absolute atomic E-state index is 12.8. The summed E-state index contributed by atoms with van der Waals surface area (Å²) in [5.74, 6) is -0.173. The first-order valence-corrected chi connectivity index (χ1v) is 11.7. The second-order valence-corrected chi connectivity index (χ2v) is 10.1. The first kappa shape index (κ1) is 22.1. The highest BCUT2D eigenvalue weighted by atomic mass is 16.3. The third kappa shape index (κ3) is 4.26. The van der Waals surface area contributed by atoms with E-state index >= 15 is 0 Å². The molecule has 1 aromatic heterocycles. The van der Waals surface area contributed by atoms with Crippen molar-refractivity contribution in [1.82, 2.24) is 4.57 Å². The largest absolute Gasteiger partial charge is 0.493 e. The molecule has 2 atom stereocenters. The van der Waals surface area contributed by atoms with Crippen LogP contribution in [0.2, 0.25) is 0 Å². The highest BCUT2D eigenvalue weighted by molar-refractivity contribution is 5.95. The van der Waals surface area contributed by atoms with Gasteiger partial charge in [0.25, 0.3) is 5.91 Å². The number of carbonyl (C=O) groups excluding carboxylic acids is 1. The SMILES string of the molecule is CC(C)(C)c1ccc(C2CC2C(=O)N=Nc2c(O)n(Cc3ccccc3)c3ccccc23)cc1. The van der Waals surface area contributed by atoms with Crippen LogP contribution in [0, 0.1) is 5.92 Å². The molecule has 2 unspecified atom stereocenters. The first-order chi connectivity index (χ1) is 16.3. The predicted molar refractivity (Wildman–Crippen MR) is 135 cm³/mol. The van der Waals surface area contributed by atoms with E-state index in [1.54, 1.807) is 4.57 Å². The van der Waals surface area contributed by atoms with E-state index in [2.05, 4.69) is 55.3 Å². The van der Waals surface area contributed by atoms with Crippen molar-refractivity contribution in [3.63, 3.8) is 0 Å². The van der Waals surface area contributed by atoms with Gasteiger partial charge in [0.05, 0.1) is 12.1 Å². The van der Waals surface area contributed by atoms with E-state index in [0.717, 1.165) is 22.9 Å². The number of rotatable bonds is 5. The van der Waals surface area contributed by atoms with Gasteiger partial charge in [-0.15, -0.1) is 10.2 Å². The molecule has 5 heteroatoms. The molecular formula is C29H29N3O2. The Hall–Kier alpha value is -3.73. The molecule has 1 saturated carbocycles. The van der Waals surface area contributed by atoms with Crippen molar-refractivity contribution in [3.8, 4) is 5.88 Å². The lowest BCUT2D eigenvalue weighted by molar-refractivity contribution is -0.119. The summed E-state index contributed by atoms with van der Waals surface area (Å²) >= 11 is 0. The minimum absolute atomic E-state index is 0.0201. The fraction of sp³-hybridized carbons (Fsp3) is 0.276. The van der Waals surface area contributed by atoms with E-state index in [1.807, 2.05) is 54.6 Å². The summed E-state index contributed by atoms with van der Waals surface area (Å²) in [7, 11) is 0. The molecule has 0 radical (unpaired) electrons. The van der Waals surface area contributed by atoms with E-state index in [1.165, 1.54) is 11.1 Å². The van der Waals surface area contributed by atoms with Crippen LogP contribution in [0.25, 0.3) is 10.9 Å². The van der Waals surface area contributed by atoms with Crippen LogP contribution >= 0.6 is 0 Å². The molecular weight excluding hydrogens is 422 g/mol. The quantitative estimate of drug-likeness (QED) is 0.329. The molecule has 0 aliphatic heterocycles. The van der Waals surface area contributed by atoms with Gasteiger partial charge in [-0.2, -0.15) is 0 Å². The van der Waals surface area contributed by atoms with Crippen LogP contribution in [0.4, 0.5) is 5.69 Å². The van der Waals surface area contributed by atoms with Crippen molar-refractivity contribution in [2.45, 2.75) is 45.1 Å². The molecule has 0 bridgehead atoms. The van der Waals surface area contributed by atoms with Crippen LogP contribution in [0.1, 0.15) is 49.8 Å². The molecule has 5 nitrogen and oxygen atoms in total. The molecule has 3 aromatic carbocycles. The Bertz CT molecular complexity index is 1360. The van der Waals surface area contributed by atoms with Gasteiger partial charge in [-0.05, 0) is 40.5 Å². The molecule has 4 aromatic rings. The van der Waals surface area contributed by atoms with Crippen LogP contribution < -0.4 is 0 Å². The smallest absolute Gasteiger partial charge is 0.268 e. The highest BCUT2D eigenvalue weighted by Gasteiger charge is 2.44. The maximum atomic E-state index is 12.8. The Labute approximate surface area is 199 Å². The van der Waals surface area contributed by atoms with Gasteiger partial charge in [-0.3, -0.25) is 4.79 Å². The predicted octanol–water partition coefficient (Wildman–Crippen LogP) is 7.11. The number of fused-ring (bicyclic) bond motifs is 1. The Kier molecular flexibility index (Phi) is 5.56. The van der Waals surface area contributed by atoms with Crippen molar-refractivity contribution in [2.75, 3.05) is 0 Å². The number of hydrogen-bond donors (Lipinski definition) is 1. The Balaban J connectivity index is 1.35. The number of para-hydroxylation sites is 1. The van der Waals surface area contributed by atoms with Gasteiger partial charge >= 0.3 is 0 Å². The number of carbonyl (C=O) groups is 1. The average molecular weight is 452 g/mol. The summed E-state index contributed by atoms with van der Waals surface area (Å²) < 4.78 is 1.81. The maximum Gasteiger partial charge on any atom is 0.268 e. The Morgan fingerprint density at radius 2 is 1.65 bits per heavy atom. The minimum Gasteiger partial charge on any atom is -0.493 e. The zero-order valence-corrected chi connectivity index (χ0v) is 19.8. The topological polar surface area (TPSA) is 66.9 Å². The normalized spacial score (nSPS) is 18.0. The lowest BCUT2D eigenvalue weighted by Crippen LogP contribution is -2.10. The number of hydrogen-bond acceptors (Lipinski definition) is 3. The Morgan fingerprint density at radius 1 is 0.971 bits per heavy atom. The van der Waals surface area contributed by atoms with Gasteiger partial charge in [0, 0.05) is 11.3 Å². The lowest BCUT2D eigenvalue weighted by atomic mass is 9.86. The van der Waals surface area contributed by atoms with Crippen molar-refractivity contribution in [2.24, 2.45) is 16.1 Å². The van der Waals surface area contributed by atoms with Crippen molar-refractivity contribution >= 4 is 22.5 Å². The van der Waals surface area contributed by atoms with Crippen LogP contribution in [-0.4, -0.2) is 15.6 Å². The minimum atomic E-state index is -0.232. The zero-order valence-electron chi connectivity index (χ0n) is 19.8. The lowest BCUT2D eigenvalue weighted by Gasteiger charge is -2.19. The van der Waals surface area contributed by atoms with Gasteiger partial charge in [0.15, 0.2) is 5.69 Å². The molecule has 172 valence electrons. The summed E-state index contributed by atoms with van der Waals surface area (Å²) in [5.41, 5.74) is 4.81. The van der Waals surface area contributed by atoms with Crippen molar-refractivity contribution < 1.29 is 9.90 Å². The molecule has 1 aliphatic rings. The fourth-order valence-corrected chi connectivity index (χ4v) is 4.54. The molecule has 1 heterocycles. The van der Waals surface area contributed by atoms with E-state index in [9.17, 15) is 9.90 Å². The molecule has 1 N–H and O–H groups in total. The van der Waals surface area contributed by atoms with Crippen molar-refractivity contribution in [3.05, 3.63) is 95.6 Å². The highest BCUT2D eigenvalue weighted by Crippen LogP contribution is 2.49. The second kappa shape index (κ2) is 8.56. The molecule has 1 aliphatic carbocycles. The van der Waals surface area contributed by atoms with E-state index in [-0.39, 0.29) is 29.0 Å². The molecule has 5 rings (SSSR count). The van der Waals surface area contributed by atoms with E-state index in [4.69, 9.17) is 0 Å². The average Bonchev–Trinajstić information content (AvgIpc) is 3.59. The molecule has 34 heavy (non-hydrogen) atoms. The molecule has 1 fully saturated rings. The summed E-state index contributed by atoms with van der Waals surface area (Å²) in [6.45, 7) is 7.08. The number of aromatic hydroxyl groups is 1.